The number of likely N-dealkylation sites (N-methyl/N-ethyl adjacent to an activating group) is 1. The first-order chi connectivity index (χ1) is 13.0. The quantitative estimate of drug-likeness (QED) is 0.624. The van der Waals surface area contributed by atoms with E-state index >= 15 is 0 Å². The summed E-state index contributed by atoms with van der Waals surface area (Å²) in [6, 6.07) is 6.11. The van der Waals surface area contributed by atoms with Gasteiger partial charge in [0.2, 0.25) is 17.7 Å². The SMILES string of the molecule is CN1CC(=O)N2CCN(C(=O)Cn3nnc4ccccc4c3=O)C[C@H]2C1=O. The van der Waals surface area contributed by atoms with Crippen LogP contribution in [0.3, 0.4) is 0 Å². The van der Waals surface area contributed by atoms with Gasteiger partial charge >= 0.3 is 0 Å². The van der Waals surface area contributed by atoms with Crippen molar-refractivity contribution >= 4 is 28.6 Å². The summed E-state index contributed by atoms with van der Waals surface area (Å²) in [6.45, 7) is 0.525. The van der Waals surface area contributed by atoms with E-state index in [1.807, 2.05) is 0 Å². The molecule has 0 bridgehead atoms. The highest BCUT2D eigenvalue weighted by molar-refractivity contribution is 5.95. The van der Waals surface area contributed by atoms with Gasteiger partial charge in [-0.2, -0.15) is 0 Å². The second-order valence-electron chi connectivity index (χ2n) is 6.71. The van der Waals surface area contributed by atoms with Gasteiger partial charge in [0.15, 0.2) is 0 Å². The molecule has 2 aliphatic heterocycles. The molecule has 2 saturated heterocycles. The molecule has 0 radical (unpaired) electrons. The Balaban J connectivity index is 1.53. The number of rotatable bonds is 2. The summed E-state index contributed by atoms with van der Waals surface area (Å²) in [5.41, 5.74) is 0.0744. The molecule has 3 amide bonds. The maximum absolute atomic E-state index is 12.7. The van der Waals surface area contributed by atoms with Gasteiger partial charge in [-0.15, -0.1) is 5.10 Å². The summed E-state index contributed by atoms with van der Waals surface area (Å²) in [5, 5.41) is 8.18. The lowest BCUT2D eigenvalue weighted by Gasteiger charge is -2.45. The van der Waals surface area contributed by atoms with Crippen LogP contribution in [0.1, 0.15) is 0 Å². The average molecular weight is 370 g/mol. The average Bonchev–Trinajstić information content (AvgIpc) is 2.68. The van der Waals surface area contributed by atoms with Crippen molar-refractivity contribution < 1.29 is 14.4 Å². The van der Waals surface area contributed by atoms with Crippen molar-refractivity contribution in [3.8, 4) is 0 Å². The van der Waals surface area contributed by atoms with E-state index < -0.39 is 11.6 Å². The first-order valence-electron chi connectivity index (χ1n) is 8.60. The molecule has 140 valence electrons. The van der Waals surface area contributed by atoms with Crippen molar-refractivity contribution in [3.63, 3.8) is 0 Å². The summed E-state index contributed by atoms with van der Waals surface area (Å²) in [6.07, 6.45) is 0. The second kappa shape index (κ2) is 6.45. The van der Waals surface area contributed by atoms with Crippen LogP contribution in [0.5, 0.6) is 0 Å². The van der Waals surface area contributed by atoms with Crippen LogP contribution in [0.4, 0.5) is 0 Å². The molecule has 2 fully saturated rings. The van der Waals surface area contributed by atoms with Crippen molar-refractivity contribution in [2.75, 3.05) is 33.2 Å². The largest absolute Gasteiger partial charge is 0.337 e. The van der Waals surface area contributed by atoms with Crippen LogP contribution in [0.2, 0.25) is 0 Å². The van der Waals surface area contributed by atoms with E-state index in [1.54, 1.807) is 31.3 Å². The van der Waals surface area contributed by atoms with Crippen LogP contribution < -0.4 is 5.56 Å². The molecule has 1 atom stereocenters. The minimum atomic E-state index is -0.673. The molecular weight excluding hydrogens is 352 g/mol. The predicted molar refractivity (Wildman–Crippen MR) is 93.5 cm³/mol. The highest BCUT2D eigenvalue weighted by Crippen LogP contribution is 2.17. The Morgan fingerprint density at radius 2 is 1.96 bits per heavy atom. The molecule has 1 aromatic carbocycles. The maximum atomic E-state index is 12.7. The smallest absolute Gasteiger partial charge is 0.278 e. The van der Waals surface area contributed by atoms with Crippen molar-refractivity contribution in [3.05, 3.63) is 34.6 Å². The van der Waals surface area contributed by atoms with Gasteiger partial charge in [-0.25, -0.2) is 4.68 Å². The maximum Gasteiger partial charge on any atom is 0.278 e. The zero-order valence-corrected chi connectivity index (χ0v) is 14.7. The third-order valence-electron chi connectivity index (χ3n) is 5.00. The van der Waals surface area contributed by atoms with Gasteiger partial charge in [0.1, 0.15) is 18.1 Å². The van der Waals surface area contributed by atoms with Crippen molar-refractivity contribution in [2.24, 2.45) is 0 Å². The Morgan fingerprint density at radius 1 is 1.19 bits per heavy atom. The van der Waals surface area contributed by atoms with Gasteiger partial charge in [0.05, 0.1) is 18.5 Å². The van der Waals surface area contributed by atoms with Gasteiger partial charge in [-0.1, -0.05) is 17.3 Å². The summed E-state index contributed by atoms with van der Waals surface area (Å²) in [5.74, 6) is -0.643. The minimum Gasteiger partial charge on any atom is -0.337 e. The van der Waals surface area contributed by atoms with Crippen LogP contribution in [-0.4, -0.2) is 86.7 Å². The van der Waals surface area contributed by atoms with Crippen LogP contribution >= 0.6 is 0 Å². The summed E-state index contributed by atoms with van der Waals surface area (Å²) >= 11 is 0. The van der Waals surface area contributed by atoms with Gasteiger partial charge in [-0.3, -0.25) is 19.2 Å². The Bertz CT molecular complexity index is 1000. The zero-order valence-electron chi connectivity index (χ0n) is 14.7. The number of nitrogens with zero attached hydrogens (tertiary/aromatic N) is 6. The fourth-order valence-electron chi connectivity index (χ4n) is 3.50. The van der Waals surface area contributed by atoms with Crippen LogP contribution in [0, 0.1) is 0 Å². The molecule has 0 spiro atoms. The van der Waals surface area contributed by atoms with E-state index in [2.05, 4.69) is 10.3 Å². The molecule has 0 saturated carbocycles. The van der Waals surface area contributed by atoms with Crippen LogP contribution in [0.25, 0.3) is 10.9 Å². The number of fused-ring (bicyclic) bond motifs is 2. The first kappa shape index (κ1) is 17.1. The molecule has 27 heavy (non-hydrogen) atoms. The third kappa shape index (κ3) is 2.92. The predicted octanol–water partition coefficient (Wildman–Crippen LogP) is -1.70. The minimum absolute atomic E-state index is 0.0609. The van der Waals surface area contributed by atoms with E-state index in [4.69, 9.17) is 0 Å². The normalized spacial score (nSPS) is 20.2. The van der Waals surface area contributed by atoms with Crippen molar-refractivity contribution in [1.82, 2.24) is 29.7 Å². The van der Waals surface area contributed by atoms with Gasteiger partial charge in [-0.05, 0) is 12.1 Å². The van der Waals surface area contributed by atoms with Crippen LogP contribution in [-0.2, 0) is 20.9 Å². The summed E-state index contributed by atoms with van der Waals surface area (Å²) in [7, 11) is 1.57. The Morgan fingerprint density at radius 3 is 2.78 bits per heavy atom. The van der Waals surface area contributed by atoms with E-state index in [-0.39, 0.29) is 37.4 Å². The molecule has 0 unspecified atom stereocenters. The lowest BCUT2D eigenvalue weighted by molar-refractivity contribution is -0.160. The molecule has 0 N–H and O–H groups in total. The zero-order chi connectivity index (χ0) is 19.1. The van der Waals surface area contributed by atoms with E-state index in [0.29, 0.717) is 24.0 Å². The summed E-state index contributed by atoms with van der Waals surface area (Å²) in [4.78, 5) is 54.0. The Kier molecular flexibility index (Phi) is 4.09. The van der Waals surface area contributed by atoms with Gasteiger partial charge in [0.25, 0.3) is 5.56 Å². The van der Waals surface area contributed by atoms with E-state index in [0.717, 1.165) is 4.68 Å². The molecule has 10 nitrogen and oxygen atoms in total. The molecule has 3 heterocycles. The fraction of sp³-hybridized carbons (Fsp3) is 0.412. The number of aromatic nitrogens is 3. The monoisotopic (exact) mass is 370 g/mol. The molecule has 2 aliphatic rings. The number of hydrogen-bond donors (Lipinski definition) is 0. The summed E-state index contributed by atoms with van der Waals surface area (Å²) < 4.78 is 1.02. The highest BCUT2D eigenvalue weighted by Gasteiger charge is 2.42. The number of piperazine rings is 2. The standard InChI is InChI=1S/C17H18N6O4/c1-20-9-15(25)22-7-6-21(8-13(22)17(20)27)14(24)10-23-16(26)11-4-2-3-5-12(11)18-19-23/h2-5,13H,6-10H2,1H3/t13-/m0/s1. The van der Waals surface area contributed by atoms with Crippen LogP contribution in [0.15, 0.2) is 29.1 Å². The molecule has 0 aliphatic carbocycles. The lowest BCUT2D eigenvalue weighted by Crippen LogP contribution is -2.66. The third-order valence-corrected chi connectivity index (χ3v) is 5.00. The lowest BCUT2D eigenvalue weighted by atomic mass is 10.1. The second-order valence-corrected chi connectivity index (χ2v) is 6.71. The fourth-order valence-corrected chi connectivity index (χ4v) is 3.50. The molecule has 10 heteroatoms. The van der Waals surface area contributed by atoms with Crippen molar-refractivity contribution in [2.45, 2.75) is 12.6 Å². The Hall–Kier alpha value is -3.30. The Labute approximate surface area is 153 Å². The van der Waals surface area contributed by atoms with Gasteiger partial charge in [0, 0.05) is 20.1 Å². The van der Waals surface area contributed by atoms with Crippen molar-refractivity contribution in [1.29, 1.82) is 0 Å². The topological polar surface area (TPSA) is 109 Å². The number of benzene rings is 1. The molecule has 1 aromatic heterocycles. The molecule has 4 rings (SSSR count). The number of hydrogen-bond acceptors (Lipinski definition) is 6. The molecular formula is C17H18N6O4. The van der Waals surface area contributed by atoms with E-state index in [9.17, 15) is 19.2 Å². The van der Waals surface area contributed by atoms with E-state index in [1.165, 1.54) is 14.7 Å². The number of carbonyl (C=O) groups is 3. The highest BCUT2D eigenvalue weighted by atomic mass is 16.2. The number of amides is 3. The van der Waals surface area contributed by atoms with Gasteiger partial charge < -0.3 is 14.7 Å². The first-order valence-corrected chi connectivity index (χ1v) is 8.60. The molecule has 2 aromatic rings. The number of carbonyl (C=O) groups excluding carboxylic acids is 3.